The number of hydrogen-bond donors (Lipinski definition) is 0. The first-order valence-corrected chi connectivity index (χ1v) is 7.58. The highest BCUT2D eigenvalue weighted by molar-refractivity contribution is 5.95. The lowest BCUT2D eigenvalue weighted by Crippen LogP contribution is -2.43. The van der Waals surface area contributed by atoms with E-state index in [4.69, 9.17) is 14.2 Å². The van der Waals surface area contributed by atoms with Crippen LogP contribution in [0, 0.1) is 0 Å². The van der Waals surface area contributed by atoms with Crippen LogP contribution < -0.4 is 9.47 Å². The molecule has 21 heavy (non-hydrogen) atoms. The van der Waals surface area contributed by atoms with E-state index in [-0.39, 0.29) is 18.8 Å². The molecular weight excluding hydrogens is 270 g/mol. The molecule has 0 saturated carbocycles. The van der Waals surface area contributed by atoms with E-state index in [1.807, 2.05) is 4.90 Å². The molecule has 2 aliphatic rings. The Balaban J connectivity index is 1.67. The zero-order chi connectivity index (χ0) is 14.7. The van der Waals surface area contributed by atoms with Gasteiger partial charge in [-0.25, -0.2) is 0 Å². The first-order chi connectivity index (χ1) is 10.3. The molecule has 1 saturated heterocycles. The summed E-state index contributed by atoms with van der Waals surface area (Å²) >= 11 is 0. The van der Waals surface area contributed by atoms with Crippen molar-refractivity contribution < 1.29 is 19.0 Å². The van der Waals surface area contributed by atoms with Crippen LogP contribution in [-0.4, -0.2) is 43.4 Å². The Morgan fingerprint density at radius 1 is 1.38 bits per heavy atom. The van der Waals surface area contributed by atoms with Crippen molar-refractivity contribution in [2.75, 3.05) is 26.5 Å². The van der Waals surface area contributed by atoms with Crippen LogP contribution in [0.2, 0.25) is 0 Å². The van der Waals surface area contributed by atoms with E-state index < -0.39 is 0 Å². The normalized spacial score (nSPS) is 20.6. The summed E-state index contributed by atoms with van der Waals surface area (Å²) in [6, 6.07) is 5.36. The molecule has 0 bridgehead atoms. The van der Waals surface area contributed by atoms with Crippen LogP contribution in [0.3, 0.4) is 0 Å². The lowest BCUT2D eigenvalue weighted by molar-refractivity contribution is 0.00210. The zero-order valence-electron chi connectivity index (χ0n) is 12.3. The molecule has 1 unspecified atom stereocenters. The minimum atomic E-state index is 0.0399. The Bertz CT molecular complexity index is 517. The maximum Gasteiger partial charge on any atom is 0.254 e. The smallest absolute Gasteiger partial charge is 0.254 e. The zero-order valence-corrected chi connectivity index (χ0v) is 12.3. The van der Waals surface area contributed by atoms with Gasteiger partial charge in [-0.05, 0) is 37.5 Å². The van der Waals surface area contributed by atoms with E-state index in [1.54, 1.807) is 18.2 Å². The number of benzene rings is 1. The van der Waals surface area contributed by atoms with Gasteiger partial charge in [-0.2, -0.15) is 0 Å². The minimum Gasteiger partial charge on any atom is -0.454 e. The maximum absolute atomic E-state index is 12.6. The molecular formula is C16H21NO4. The number of hydrogen-bond acceptors (Lipinski definition) is 4. The van der Waals surface area contributed by atoms with Crippen molar-refractivity contribution in [2.45, 2.75) is 32.3 Å². The van der Waals surface area contributed by atoms with Gasteiger partial charge < -0.3 is 19.1 Å². The molecule has 1 aromatic carbocycles. The standard InChI is InChI=1S/C16H21NO4/c1-2-8-19-13-4-3-7-17(10-13)16(18)12-5-6-14-15(9-12)21-11-20-14/h5-6,9,13H,2-4,7-8,10-11H2,1H3. The van der Waals surface area contributed by atoms with Crippen LogP contribution in [0.25, 0.3) is 0 Å². The van der Waals surface area contributed by atoms with Crippen LogP contribution in [0.15, 0.2) is 18.2 Å². The summed E-state index contributed by atoms with van der Waals surface area (Å²) in [5, 5.41) is 0. The highest BCUT2D eigenvalue weighted by atomic mass is 16.7. The van der Waals surface area contributed by atoms with Gasteiger partial charge in [0, 0.05) is 25.3 Å². The quantitative estimate of drug-likeness (QED) is 0.855. The molecule has 0 N–H and O–H groups in total. The summed E-state index contributed by atoms with van der Waals surface area (Å²) in [5.74, 6) is 1.39. The van der Waals surface area contributed by atoms with Crippen LogP contribution in [0.4, 0.5) is 0 Å². The largest absolute Gasteiger partial charge is 0.454 e. The van der Waals surface area contributed by atoms with Crippen molar-refractivity contribution in [3.63, 3.8) is 0 Å². The second kappa shape index (κ2) is 6.35. The number of rotatable bonds is 4. The molecule has 1 amide bonds. The van der Waals surface area contributed by atoms with Crippen molar-refractivity contribution in [3.05, 3.63) is 23.8 Å². The molecule has 2 aliphatic heterocycles. The van der Waals surface area contributed by atoms with Crippen molar-refractivity contribution in [1.29, 1.82) is 0 Å². The fourth-order valence-electron chi connectivity index (χ4n) is 2.76. The summed E-state index contributed by atoms with van der Waals surface area (Å²) in [6.07, 6.45) is 3.19. The predicted molar refractivity (Wildman–Crippen MR) is 77.7 cm³/mol. The fraction of sp³-hybridized carbons (Fsp3) is 0.562. The number of ether oxygens (including phenoxy) is 3. The van der Waals surface area contributed by atoms with Gasteiger partial charge in [-0.15, -0.1) is 0 Å². The van der Waals surface area contributed by atoms with Crippen molar-refractivity contribution in [2.24, 2.45) is 0 Å². The fourth-order valence-corrected chi connectivity index (χ4v) is 2.76. The molecule has 2 heterocycles. The highest BCUT2D eigenvalue weighted by Crippen LogP contribution is 2.33. The number of fused-ring (bicyclic) bond motifs is 1. The number of likely N-dealkylation sites (tertiary alicyclic amines) is 1. The molecule has 0 aliphatic carbocycles. The van der Waals surface area contributed by atoms with E-state index in [1.165, 1.54) is 0 Å². The Morgan fingerprint density at radius 3 is 3.10 bits per heavy atom. The summed E-state index contributed by atoms with van der Waals surface area (Å²) in [6.45, 7) is 4.55. The Morgan fingerprint density at radius 2 is 2.24 bits per heavy atom. The third-order valence-corrected chi connectivity index (χ3v) is 3.84. The van der Waals surface area contributed by atoms with Gasteiger partial charge in [-0.1, -0.05) is 6.92 Å². The van der Waals surface area contributed by atoms with E-state index in [0.29, 0.717) is 23.6 Å². The topological polar surface area (TPSA) is 48.0 Å². The van der Waals surface area contributed by atoms with E-state index in [0.717, 1.165) is 32.4 Å². The molecule has 1 fully saturated rings. The molecule has 114 valence electrons. The van der Waals surface area contributed by atoms with Gasteiger partial charge in [0.25, 0.3) is 5.91 Å². The summed E-state index contributed by atoms with van der Waals surface area (Å²) in [4.78, 5) is 14.5. The Hall–Kier alpha value is -1.75. The summed E-state index contributed by atoms with van der Waals surface area (Å²) in [5.41, 5.74) is 0.649. The Labute approximate surface area is 124 Å². The van der Waals surface area contributed by atoms with E-state index >= 15 is 0 Å². The lowest BCUT2D eigenvalue weighted by Gasteiger charge is -2.32. The number of piperidine rings is 1. The molecule has 5 nitrogen and oxygen atoms in total. The first kappa shape index (κ1) is 14.2. The third kappa shape index (κ3) is 3.13. The van der Waals surface area contributed by atoms with Crippen molar-refractivity contribution >= 4 is 5.91 Å². The second-order valence-electron chi connectivity index (χ2n) is 5.45. The first-order valence-electron chi connectivity index (χ1n) is 7.58. The molecule has 5 heteroatoms. The highest BCUT2D eigenvalue weighted by Gasteiger charge is 2.26. The lowest BCUT2D eigenvalue weighted by atomic mass is 10.1. The molecule has 0 radical (unpaired) electrons. The summed E-state index contributed by atoms with van der Waals surface area (Å²) < 4.78 is 16.4. The van der Waals surface area contributed by atoms with Gasteiger partial charge >= 0.3 is 0 Å². The van der Waals surface area contributed by atoms with Crippen molar-refractivity contribution in [3.8, 4) is 11.5 Å². The van der Waals surface area contributed by atoms with Gasteiger partial charge in [0.2, 0.25) is 6.79 Å². The van der Waals surface area contributed by atoms with Crippen LogP contribution in [0.1, 0.15) is 36.5 Å². The van der Waals surface area contributed by atoms with Crippen molar-refractivity contribution in [1.82, 2.24) is 4.90 Å². The predicted octanol–water partition coefficient (Wildman–Crippen LogP) is 2.45. The van der Waals surface area contributed by atoms with Crippen LogP contribution in [-0.2, 0) is 4.74 Å². The number of carbonyl (C=O) groups is 1. The SMILES string of the molecule is CCCOC1CCCN(C(=O)c2ccc3c(c2)OCO3)C1. The molecule has 3 rings (SSSR count). The molecule has 0 spiro atoms. The average Bonchev–Trinajstić information content (AvgIpc) is 3.00. The van der Waals surface area contributed by atoms with Crippen LogP contribution in [0.5, 0.6) is 11.5 Å². The van der Waals surface area contributed by atoms with Gasteiger partial charge in [-0.3, -0.25) is 4.79 Å². The van der Waals surface area contributed by atoms with Gasteiger partial charge in [0.05, 0.1) is 6.10 Å². The molecule has 1 aromatic rings. The average molecular weight is 291 g/mol. The van der Waals surface area contributed by atoms with E-state index in [2.05, 4.69) is 6.92 Å². The van der Waals surface area contributed by atoms with E-state index in [9.17, 15) is 4.79 Å². The molecule has 0 aromatic heterocycles. The van der Waals surface area contributed by atoms with Gasteiger partial charge in [0.1, 0.15) is 0 Å². The van der Waals surface area contributed by atoms with Crippen LogP contribution >= 0.6 is 0 Å². The summed E-state index contributed by atoms with van der Waals surface area (Å²) in [7, 11) is 0. The number of carbonyl (C=O) groups excluding carboxylic acids is 1. The molecule has 1 atom stereocenters. The second-order valence-corrected chi connectivity index (χ2v) is 5.45. The third-order valence-electron chi connectivity index (χ3n) is 3.84. The van der Waals surface area contributed by atoms with Gasteiger partial charge in [0.15, 0.2) is 11.5 Å². The number of nitrogens with zero attached hydrogens (tertiary/aromatic N) is 1. The number of amides is 1. The minimum absolute atomic E-state index is 0.0399. The maximum atomic E-state index is 12.6. The Kier molecular flexibility index (Phi) is 4.29. The monoisotopic (exact) mass is 291 g/mol.